The van der Waals surface area contributed by atoms with E-state index in [1.807, 2.05) is 6.92 Å². The Morgan fingerprint density at radius 3 is 2.48 bits per heavy atom. The molecule has 0 spiro atoms. The van der Waals surface area contributed by atoms with Crippen LogP contribution in [0.2, 0.25) is 0 Å². The lowest BCUT2D eigenvalue weighted by Crippen LogP contribution is -2.12. The maximum Gasteiger partial charge on any atom is 0.303 e. The van der Waals surface area contributed by atoms with Crippen LogP contribution in [0.5, 0.6) is 5.75 Å². The molecule has 0 saturated carbocycles. The second kappa shape index (κ2) is 9.33. The summed E-state index contributed by atoms with van der Waals surface area (Å²) in [5, 5.41) is 22.4. The van der Waals surface area contributed by atoms with Gasteiger partial charge in [-0.3, -0.25) is 19.7 Å². The zero-order valence-electron chi connectivity index (χ0n) is 14.8. The molecule has 0 aromatic heterocycles. The van der Waals surface area contributed by atoms with Crippen molar-refractivity contribution in [3.8, 4) is 5.75 Å². The number of hydrogen-bond acceptors (Lipinski definition) is 5. The van der Waals surface area contributed by atoms with Crippen LogP contribution in [0.25, 0.3) is 0 Å². The quantitative estimate of drug-likeness (QED) is 0.394. The molecule has 2 aromatic carbocycles. The van der Waals surface area contributed by atoms with Crippen LogP contribution in [0.1, 0.15) is 35.7 Å². The summed E-state index contributed by atoms with van der Waals surface area (Å²) in [6, 6.07) is 11.0. The predicted molar refractivity (Wildman–Crippen MR) is 99.2 cm³/mol. The molecule has 0 aliphatic rings. The van der Waals surface area contributed by atoms with Crippen molar-refractivity contribution < 1.29 is 24.4 Å². The van der Waals surface area contributed by atoms with Gasteiger partial charge in [-0.15, -0.1) is 0 Å². The lowest BCUT2D eigenvalue weighted by atomic mass is 10.1. The van der Waals surface area contributed by atoms with Crippen LogP contribution in [0.4, 0.5) is 11.4 Å². The van der Waals surface area contributed by atoms with Crippen LogP contribution < -0.4 is 10.1 Å². The van der Waals surface area contributed by atoms with Crippen molar-refractivity contribution >= 4 is 23.3 Å². The molecule has 0 atom stereocenters. The van der Waals surface area contributed by atoms with Gasteiger partial charge < -0.3 is 15.2 Å². The van der Waals surface area contributed by atoms with Gasteiger partial charge in [-0.1, -0.05) is 13.0 Å². The summed E-state index contributed by atoms with van der Waals surface area (Å²) in [7, 11) is 0. The van der Waals surface area contributed by atoms with Crippen LogP contribution in [-0.2, 0) is 11.2 Å². The molecule has 2 aromatic rings. The summed E-state index contributed by atoms with van der Waals surface area (Å²) >= 11 is 0. The van der Waals surface area contributed by atoms with E-state index in [2.05, 4.69) is 5.32 Å². The largest absolute Gasteiger partial charge is 0.494 e. The number of amides is 1. The lowest BCUT2D eigenvalue weighted by Gasteiger charge is -2.09. The number of ether oxygens (including phenoxy) is 1. The highest BCUT2D eigenvalue weighted by molar-refractivity contribution is 6.04. The number of aryl methyl sites for hydroxylation is 1. The monoisotopic (exact) mass is 372 g/mol. The molecular formula is C19H20N2O6. The SMILES string of the molecule is CCc1ccc(C(=O)Nc2ccc(OCCCC(=O)O)cc2)cc1[N+](=O)[O-]. The van der Waals surface area contributed by atoms with E-state index in [0.29, 0.717) is 29.8 Å². The van der Waals surface area contributed by atoms with Crippen molar-refractivity contribution in [2.75, 3.05) is 11.9 Å². The third-order valence-electron chi connectivity index (χ3n) is 3.84. The average Bonchev–Trinajstić information content (AvgIpc) is 2.65. The van der Waals surface area contributed by atoms with Crippen molar-refractivity contribution in [2.24, 2.45) is 0 Å². The molecular weight excluding hydrogens is 352 g/mol. The first kappa shape index (κ1) is 19.9. The Morgan fingerprint density at radius 1 is 1.19 bits per heavy atom. The molecule has 0 saturated heterocycles. The first-order valence-corrected chi connectivity index (χ1v) is 8.44. The molecule has 0 bridgehead atoms. The fourth-order valence-corrected chi connectivity index (χ4v) is 2.43. The molecule has 2 N–H and O–H groups in total. The second-order valence-electron chi connectivity index (χ2n) is 5.78. The number of carboxylic acids is 1. The Bertz CT molecular complexity index is 833. The van der Waals surface area contributed by atoms with E-state index in [9.17, 15) is 19.7 Å². The Hall–Kier alpha value is -3.42. The minimum Gasteiger partial charge on any atom is -0.494 e. The highest BCUT2D eigenvalue weighted by Crippen LogP contribution is 2.22. The molecule has 0 heterocycles. The molecule has 0 unspecified atom stereocenters. The van der Waals surface area contributed by atoms with E-state index < -0.39 is 16.8 Å². The molecule has 142 valence electrons. The van der Waals surface area contributed by atoms with E-state index in [1.54, 1.807) is 36.4 Å². The molecule has 0 aliphatic carbocycles. The predicted octanol–water partition coefficient (Wildman–Crippen LogP) is 3.65. The van der Waals surface area contributed by atoms with Gasteiger partial charge in [0.1, 0.15) is 5.75 Å². The van der Waals surface area contributed by atoms with Crippen LogP contribution in [0, 0.1) is 10.1 Å². The maximum absolute atomic E-state index is 12.3. The third kappa shape index (κ3) is 5.81. The van der Waals surface area contributed by atoms with Crippen LogP contribution in [0.3, 0.4) is 0 Å². The Labute approximate surface area is 155 Å². The molecule has 2 rings (SSSR count). The van der Waals surface area contributed by atoms with E-state index in [-0.39, 0.29) is 24.3 Å². The summed E-state index contributed by atoms with van der Waals surface area (Å²) in [6.07, 6.45) is 0.948. The van der Waals surface area contributed by atoms with Crippen molar-refractivity contribution in [2.45, 2.75) is 26.2 Å². The fourth-order valence-electron chi connectivity index (χ4n) is 2.43. The van der Waals surface area contributed by atoms with Crippen molar-refractivity contribution in [1.82, 2.24) is 0 Å². The van der Waals surface area contributed by atoms with Gasteiger partial charge in [-0.05, 0) is 43.2 Å². The van der Waals surface area contributed by atoms with Gasteiger partial charge in [0, 0.05) is 29.3 Å². The van der Waals surface area contributed by atoms with Crippen LogP contribution in [0.15, 0.2) is 42.5 Å². The third-order valence-corrected chi connectivity index (χ3v) is 3.84. The fraction of sp³-hybridized carbons (Fsp3) is 0.263. The number of carbonyl (C=O) groups is 2. The number of carbonyl (C=O) groups excluding carboxylic acids is 1. The zero-order chi connectivity index (χ0) is 19.8. The molecule has 0 fully saturated rings. The summed E-state index contributed by atoms with van der Waals surface area (Å²) < 4.78 is 5.42. The smallest absolute Gasteiger partial charge is 0.303 e. The summed E-state index contributed by atoms with van der Waals surface area (Å²) in [5.41, 5.74) is 1.21. The van der Waals surface area contributed by atoms with Crippen molar-refractivity contribution in [3.63, 3.8) is 0 Å². The van der Waals surface area contributed by atoms with Gasteiger partial charge in [-0.2, -0.15) is 0 Å². The topological polar surface area (TPSA) is 119 Å². The average molecular weight is 372 g/mol. The standard InChI is InChI=1S/C19H20N2O6/c1-2-13-5-6-14(12-17(13)21(25)26)19(24)20-15-7-9-16(10-8-15)27-11-3-4-18(22)23/h5-10,12H,2-4,11H2,1H3,(H,20,24)(H,22,23). The van der Waals surface area contributed by atoms with E-state index in [1.165, 1.54) is 6.07 Å². The van der Waals surface area contributed by atoms with Gasteiger partial charge in [0.25, 0.3) is 11.6 Å². The van der Waals surface area contributed by atoms with E-state index in [4.69, 9.17) is 9.84 Å². The van der Waals surface area contributed by atoms with Gasteiger partial charge in [0.15, 0.2) is 0 Å². The van der Waals surface area contributed by atoms with Gasteiger partial charge in [0.05, 0.1) is 11.5 Å². The molecule has 8 nitrogen and oxygen atoms in total. The number of hydrogen-bond donors (Lipinski definition) is 2. The number of carboxylic acid groups (broad SMARTS) is 1. The maximum atomic E-state index is 12.3. The highest BCUT2D eigenvalue weighted by atomic mass is 16.6. The van der Waals surface area contributed by atoms with Crippen LogP contribution in [-0.4, -0.2) is 28.5 Å². The number of nitro groups is 1. The first-order chi connectivity index (χ1) is 12.9. The van der Waals surface area contributed by atoms with Crippen molar-refractivity contribution in [3.05, 3.63) is 63.7 Å². The van der Waals surface area contributed by atoms with Gasteiger partial charge >= 0.3 is 5.97 Å². The normalized spacial score (nSPS) is 10.3. The summed E-state index contributed by atoms with van der Waals surface area (Å²) in [5.74, 6) is -0.763. The van der Waals surface area contributed by atoms with Gasteiger partial charge in [-0.25, -0.2) is 0 Å². The minimum absolute atomic E-state index is 0.0388. The van der Waals surface area contributed by atoms with Crippen molar-refractivity contribution in [1.29, 1.82) is 0 Å². The number of anilines is 1. The number of nitro benzene ring substituents is 1. The van der Waals surface area contributed by atoms with Gasteiger partial charge in [0.2, 0.25) is 0 Å². The Morgan fingerprint density at radius 2 is 1.89 bits per heavy atom. The number of nitrogens with one attached hydrogen (secondary N) is 1. The lowest BCUT2D eigenvalue weighted by molar-refractivity contribution is -0.385. The Kier molecular flexibility index (Phi) is 6.87. The molecule has 27 heavy (non-hydrogen) atoms. The number of benzene rings is 2. The number of rotatable bonds is 9. The van der Waals surface area contributed by atoms with Crippen LogP contribution >= 0.6 is 0 Å². The summed E-state index contributed by atoms with van der Waals surface area (Å²) in [4.78, 5) is 33.4. The van der Waals surface area contributed by atoms with E-state index in [0.717, 1.165) is 0 Å². The highest BCUT2D eigenvalue weighted by Gasteiger charge is 2.16. The summed E-state index contributed by atoms with van der Waals surface area (Å²) in [6.45, 7) is 2.10. The number of nitrogens with zero attached hydrogens (tertiary/aromatic N) is 1. The number of aliphatic carboxylic acids is 1. The van der Waals surface area contributed by atoms with E-state index >= 15 is 0 Å². The second-order valence-corrected chi connectivity index (χ2v) is 5.78. The molecule has 0 radical (unpaired) electrons. The molecule has 1 amide bonds. The first-order valence-electron chi connectivity index (χ1n) is 8.44. The zero-order valence-corrected chi connectivity index (χ0v) is 14.8. The molecule has 0 aliphatic heterocycles. The molecule has 8 heteroatoms. The Balaban J connectivity index is 1.98. The minimum atomic E-state index is -0.871.